The third-order valence-corrected chi connectivity index (χ3v) is 5.36. The largest absolute Gasteiger partial charge is 0.495 e. The van der Waals surface area contributed by atoms with Crippen LogP contribution >= 0.6 is 23.8 Å². The van der Waals surface area contributed by atoms with Crippen LogP contribution in [0, 0.1) is 0 Å². The number of nitrogens with zero attached hydrogens (tertiary/aromatic N) is 5. The number of rotatable bonds is 6. The van der Waals surface area contributed by atoms with E-state index in [1.807, 2.05) is 11.0 Å². The fourth-order valence-electron chi connectivity index (χ4n) is 3.14. The molecule has 3 heterocycles. The highest BCUT2D eigenvalue weighted by Gasteiger charge is 2.24. The monoisotopic (exact) mass is 464 g/mol. The van der Waals surface area contributed by atoms with Gasteiger partial charge < -0.3 is 29.3 Å². The van der Waals surface area contributed by atoms with Gasteiger partial charge in [0.05, 0.1) is 31.5 Å². The number of nitrogens with one attached hydrogen (secondary N) is 1. The number of pyridine rings is 1. The van der Waals surface area contributed by atoms with Crippen LogP contribution in [0.15, 0.2) is 30.5 Å². The van der Waals surface area contributed by atoms with Gasteiger partial charge in [0.15, 0.2) is 5.11 Å². The Balaban J connectivity index is 1.38. The number of halogens is 1. The summed E-state index contributed by atoms with van der Waals surface area (Å²) in [5.74, 6) is 1.08. The van der Waals surface area contributed by atoms with E-state index in [1.54, 1.807) is 38.6 Å². The summed E-state index contributed by atoms with van der Waals surface area (Å²) in [5, 5.41) is 12.2. The fourth-order valence-corrected chi connectivity index (χ4v) is 3.65. The Bertz CT molecular complexity index is 1080. The SMILES string of the molecule is COc1cc(NC(=S)N2CCOC(COn3nnc4cccnc43)C2)c(OC)cc1Cl. The van der Waals surface area contributed by atoms with Crippen LogP contribution in [0.4, 0.5) is 5.69 Å². The minimum atomic E-state index is -0.210. The minimum absolute atomic E-state index is 0.210. The van der Waals surface area contributed by atoms with E-state index < -0.39 is 0 Å². The van der Waals surface area contributed by atoms with Crippen LogP contribution in [0.5, 0.6) is 11.5 Å². The van der Waals surface area contributed by atoms with Gasteiger partial charge in [-0.3, -0.25) is 0 Å². The number of ether oxygens (including phenoxy) is 3. The lowest BCUT2D eigenvalue weighted by atomic mass is 10.2. The highest BCUT2D eigenvalue weighted by Crippen LogP contribution is 2.36. The van der Waals surface area contributed by atoms with Crippen molar-refractivity contribution in [2.24, 2.45) is 0 Å². The molecule has 0 radical (unpaired) electrons. The first-order valence-corrected chi connectivity index (χ1v) is 10.3. The maximum atomic E-state index is 6.18. The molecule has 1 saturated heterocycles. The molecule has 0 saturated carbocycles. The molecule has 1 atom stereocenters. The van der Waals surface area contributed by atoms with E-state index in [-0.39, 0.29) is 12.7 Å². The molecule has 31 heavy (non-hydrogen) atoms. The summed E-state index contributed by atoms with van der Waals surface area (Å²) in [7, 11) is 3.12. The quantitative estimate of drug-likeness (QED) is 0.546. The topological polar surface area (TPSA) is 95.8 Å². The molecule has 1 unspecified atom stereocenters. The molecule has 1 fully saturated rings. The van der Waals surface area contributed by atoms with Crippen LogP contribution in [0.25, 0.3) is 11.2 Å². The van der Waals surface area contributed by atoms with E-state index in [4.69, 9.17) is 42.9 Å². The summed E-state index contributed by atoms with van der Waals surface area (Å²) in [4.78, 5) is 13.3. The zero-order chi connectivity index (χ0) is 21.8. The van der Waals surface area contributed by atoms with Crippen molar-refractivity contribution in [1.29, 1.82) is 0 Å². The standard InChI is InChI=1S/C19H21ClN6O4S/c1-27-16-9-15(17(28-2)8-13(16)20)22-19(31)25-6-7-29-12(10-25)11-30-26-18-14(23-24-26)4-3-5-21-18/h3-5,8-9,12H,6-7,10-11H2,1-2H3,(H,22,31). The Labute approximate surface area is 188 Å². The van der Waals surface area contributed by atoms with Crippen LogP contribution in [0.1, 0.15) is 0 Å². The van der Waals surface area contributed by atoms with Crippen molar-refractivity contribution < 1.29 is 19.0 Å². The molecule has 0 bridgehead atoms. The van der Waals surface area contributed by atoms with Crippen LogP contribution in [-0.2, 0) is 4.74 Å². The molecule has 1 aliphatic heterocycles. The number of fused-ring (bicyclic) bond motifs is 1. The highest BCUT2D eigenvalue weighted by molar-refractivity contribution is 7.80. The van der Waals surface area contributed by atoms with Crippen molar-refractivity contribution in [2.45, 2.75) is 6.10 Å². The van der Waals surface area contributed by atoms with E-state index in [9.17, 15) is 0 Å². The van der Waals surface area contributed by atoms with Crippen molar-refractivity contribution in [1.82, 2.24) is 25.0 Å². The lowest BCUT2D eigenvalue weighted by Crippen LogP contribution is -2.49. The van der Waals surface area contributed by atoms with Gasteiger partial charge in [-0.1, -0.05) is 16.4 Å². The third-order valence-electron chi connectivity index (χ3n) is 4.71. The number of aromatic nitrogens is 4. The Morgan fingerprint density at radius 3 is 2.97 bits per heavy atom. The first-order chi connectivity index (χ1) is 15.1. The van der Waals surface area contributed by atoms with E-state index in [0.717, 1.165) is 0 Å². The lowest BCUT2D eigenvalue weighted by molar-refractivity contribution is -0.0609. The van der Waals surface area contributed by atoms with Gasteiger partial charge in [-0.2, -0.15) is 0 Å². The van der Waals surface area contributed by atoms with E-state index in [2.05, 4.69) is 20.6 Å². The second-order valence-electron chi connectivity index (χ2n) is 6.66. The number of hydrogen-bond acceptors (Lipinski definition) is 8. The number of benzene rings is 1. The normalized spacial score (nSPS) is 16.2. The predicted octanol–water partition coefficient (Wildman–Crippen LogP) is 2.02. The maximum absolute atomic E-state index is 6.18. The molecule has 1 aliphatic rings. The molecular weight excluding hydrogens is 444 g/mol. The molecule has 0 amide bonds. The summed E-state index contributed by atoms with van der Waals surface area (Å²) < 4.78 is 16.5. The summed E-state index contributed by atoms with van der Waals surface area (Å²) in [6.45, 7) is 1.96. The predicted molar refractivity (Wildman–Crippen MR) is 119 cm³/mol. The van der Waals surface area contributed by atoms with Crippen LogP contribution in [0.2, 0.25) is 5.02 Å². The number of methoxy groups -OCH3 is 2. The molecule has 1 N–H and O–H groups in total. The van der Waals surface area contributed by atoms with E-state index >= 15 is 0 Å². The average molecular weight is 465 g/mol. The van der Waals surface area contributed by atoms with Crippen molar-refractivity contribution >= 4 is 45.8 Å². The van der Waals surface area contributed by atoms with E-state index in [0.29, 0.717) is 58.2 Å². The average Bonchev–Trinajstić information content (AvgIpc) is 3.21. The molecule has 3 aromatic rings. The first kappa shape index (κ1) is 21.3. The molecule has 0 spiro atoms. The zero-order valence-electron chi connectivity index (χ0n) is 16.9. The molecule has 0 aliphatic carbocycles. The van der Waals surface area contributed by atoms with Gasteiger partial charge in [0.2, 0.25) is 5.65 Å². The van der Waals surface area contributed by atoms with Crippen molar-refractivity contribution in [3.05, 3.63) is 35.5 Å². The Kier molecular flexibility index (Phi) is 6.54. The second-order valence-corrected chi connectivity index (χ2v) is 7.45. The van der Waals surface area contributed by atoms with Crippen molar-refractivity contribution in [3.8, 4) is 11.5 Å². The molecular formula is C19H21ClN6O4S. The number of morpholine rings is 1. The number of hydrogen-bond donors (Lipinski definition) is 1. The second kappa shape index (κ2) is 9.50. The third kappa shape index (κ3) is 4.73. The van der Waals surface area contributed by atoms with Gasteiger partial charge in [-0.25, -0.2) is 4.98 Å². The number of thiocarbonyl (C=S) groups is 1. The van der Waals surface area contributed by atoms with Gasteiger partial charge in [-0.05, 0) is 29.6 Å². The highest BCUT2D eigenvalue weighted by atomic mass is 35.5. The Morgan fingerprint density at radius 1 is 1.32 bits per heavy atom. The van der Waals surface area contributed by atoms with Gasteiger partial charge >= 0.3 is 0 Å². The van der Waals surface area contributed by atoms with E-state index in [1.165, 1.54) is 4.85 Å². The lowest BCUT2D eigenvalue weighted by Gasteiger charge is -2.34. The van der Waals surface area contributed by atoms with Crippen LogP contribution in [0.3, 0.4) is 0 Å². The molecule has 1 aromatic carbocycles. The number of anilines is 1. The Morgan fingerprint density at radius 2 is 2.16 bits per heavy atom. The summed E-state index contributed by atoms with van der Waals surface area (Å²) >= 11 is 11.8. The smallest absolute Gasteiger partial charge is 0.219 e. The summed E-state index contributed by atoms with van der Waals surface area (Å²) in [6, 6.07) is 7.04. The van der Waals surface area contributed by atoms with Gasteiger partial charge in [0.25, 0.3) is 0 Å². The van der Waals surface area contributed by atoms with Gasteiger partial charge in [0.1, 0.15) is 29.7 Å². The van der Waals surface area contributed by atoms with Crippen LogP contribution in [-0.4, -0.2) is 76.8 Å². The fraction of sp³-hybridized carbons (Fsp3) is 0.368. The summed E-state index contributed by atoms with van der Waals surface area (Å²) in [5.41, 5.74) is 1.87. The molecule has 10 nitrogen and oxygen atoms in total. The van der Waals surface area contributed by atoms with Crippen LogP contribution < -0.4 is 19.6 Å². The summed E-state index contributed by atoms with van der Waals surface area (Å²) in [6.07, 6.45) is 1.45. The Hall–Kier alpha value is -2.89. The maximum Gasteiger partial charge on any atom is 0.219 e. The molecule has 2 aromatic heterocycles. The minimum Gasteiger partial charge on any atom is -0.495 e. The molecule has 4 rings (SSSR count). The van der Waals surface area contributed by atoms with Gasteiger partial charge in [-0.15, -0.1) is 5.10 Å². The first-order valence-electron chi connectivity index (χ1n) is 9.48. The van der Waals surface area contributed by atoms with Crippen molar-refractivity contribution in [3.63, 3.8) is 0 Å². The van der Waals surface area contributed by atoms with Crippen molar-refractivity contribution in [2.75, 3.05) is 45.8 Å². The molecule has 164 valence electrons. The zero-order valence-corrected chi connectivity index (χ0v) is 18.5. The van der Waals surface area contributed by atoms with Gasteiger partial charge in [0, 0.05) is 31.4 Å². The molecule has 12 heteroatoms.